The standard InChI is InChI=1S/C15H16FNO3S/c16-12-3-1-2-10(6-12)13(18)7-15(20)17-8-14(19)11-4-5-21-9-11/h1-6,9,13-14,18-19H,7-8H2,(H,17,20). The predicted molar refractivity (Wildman–Crippen MR) is 78.3 cm³/mol. The number of rotatable bonds is 6. The molecule has 112 valence electrons. The zero-order chi connectivity index (χ0) is 15.2. The number of hydrogen-bond donors (Lipinski definition) is 3. The van der Waals surface area contributed by atoms with Crippen LogP contribution in [0, 0.1) is 5.82 Å². The Hall–Kier alpha value is -1.76. The van der Waals surface area contributed by atoms with Gasteiger partial charge in [-0.1, -0.05) is 12.1 Å². The highest BCUT2D eigenvalue weighted by molar-refractivity contribution is 7.07. The summed E-state index contributed by atoms with van der Waals surface area (Å²) in [5, 5.41) is 25.9. The molecule has 2 aromatic rings. The van der Waals surface area contributed by atoms with Crippen LogP contribution in [-0.2, 0) is 4.79 Å². The molecule has 2 unspecified atom stereocenters. The average Bonchev–Trinajstić information content (AvgIpc) is 2.99. The zero-order valence-corrected chi connectivity index (χ0v) is 12.0. The highest BCUT2D eigenvalue weighted by atomic mass is 32.1. The summed E-state index contributed by atoms with van der Waals surface area (Å²) >= 11 is 1.46. The second-order valence-corrected chi connectivity index (χ2v) is 5.43. The number of benzene rings is 1. The SMILES string of the molecule is O=C(CC(O)c1cccc(F)c1)NCC(O)c1ccsc1. The van der Waals surface area contributed by atoms with Gasteiger partial charge in [0.25, 0.3) is 0 Å². The second-order valence-electron chi connectivity index (χ2n) is 4.65. The van der Waals surface area contributed by atoms with Gasteiger partial charge < -0.3 is 15.5 Å². The molecule has 0 bridgehead atoms. The van der Waals surface area contributed by atoms with E-state index in [0.717, 1.165) is 5.56 Å². The molecule has 1 aromatic carbocycles. The van der Waals surface area contributed by atoms with Crippen molar-refractivity contribution >= 4 is 17.2 Å². The lowest BCUT2D eigenvalue weighted by Crippen LogP contribution is -2.29. The number of thiophene rings is 1. The molecule has 6 heteroatoms. The van der Waals surface area contributed by atoms with Gasteiger partial charge in [-0.3, -0.25) is 4.79 Å². The second kappa shape index (κ2) is 7.31. The molecule has 0 saturated heterocycles. The first-order valence-electron chi connectivity index (χ1n) is 6.46. The molecule has 1 heterocycles. The zero-order valence-electron chi connectivity index (χ0n) is 11.2. The first-order valence-corrected chi connectivity index (χ1v) is 7.41. The Labute approximate surface area is 125 Å². The number of carbonyl (C=O) groups is 1. The smallest absolute Gasteiger partial charge is 0.223 e. The maximum Gasteiger partial charge on any atom is 0.223 e. The Morgan fingerprint density at radius 1 is 1.24 bits per heavy atom. The van der Waals surface area contributed by atoms with Crippen molar-refractivity contribution in [3.63, 3.8) is 0 Å². The fourth-order valence-electron chi connectivity index (χ4n) is 1.87. The summed E-state index contributed by atoms with van der Waals surface area (Å²) < 4.78 is 13.0. The maximum absolute atomic E-state index is 13.0. The van der Waals surface area contributed by atoms with E-state index in [1.54, 1.807) is 17.5 Å². The highest BCUT2D eigenvalue weighted by Gasteiger charge is 2.15. The van der Waals surface area contributed by atoms with E-state index in [4.69, 9.17) is 0 Å². The first kappa shape index (κ1) is 15.6. The van der Waals surface area contributed by atoms with Crippen molar-refractivity contribution in [2.45, 2.75) is 18.6 Å². The molecule has 0 fully saturated rings. The largest absolute Gasteiger partial charge is 0.388 e. The molecule has 1 amide bonds. The van der Waals surface area contributed by atoms with E-state index in [0.29, 0.717) is 5.56 Å². The molecule has 1 aromatic heterocycles. The normalized spacial score (nSPS) is 13.7. The van der Waals surface area contributed by atoms with E-state index in [1.807, 2.05) is 5.38 Å². The van der Waals surface area contributed by atoms with E-state index >= 15 is 0 Å². The third-order valence-electron chi connectivity index (χ3n) is 3.03. The van der Waals surface area contributed by atoms with Gasteiger partial charge in [-0.15, -0.1) is 0 Å². The number of amides is 1. The number of aliphatic hydroxyl groups is 2. The topological polar surface area (TPSA) is 69.6 Å². The molecule has 0 saturated carbocycles. The molecular weight excluding hydrogens is 293 g/mol. The van der Waals surface area contributed by atoms with Crippen LogP contribution >= 0.6 is 11.3 Å². The van der Waals surface area contributed by atoms with Crippen LogP contribution in [0.3, 0.4) is 0 Å². The van der Waals surface area contributed by atoms with Crippen LogP contribution < -0.4 is 5.32 Å². The van der Waals surface area contributed by atoms with Crippen molar-refractivity contribution in [2.24, 2.45) is 0 Å². The first-order chi connectivity index (χ1) is 10.1. The minimum atomic E-state index is -1.07. The molecular formula is C15H16FNO3S. The summed E-state index contributed by atoms with van der Waals surface area (Å²) in [6.07, 6.45) is -2.02. The lowest BCUT2D eigenvalue weighted by Gasteiger charge is -2.13. The number of nitrogens with one attached hydrogen (secondary N) is 1. The van der Waals surface area contributed by atoms with Gasteiger partial charge in [-0.2, -0.15) is 11.3 Å². The Morgan fingerprint density at radius 3 is 2.71 bits per heavy atom. The van der Waals surface area contributed by atoms with Gasteiger partial charge in [-0.05, 0) is 40.1 Å². The van der Waals surface area contributed by atoms with Crippen molar-refractivity contribution in [1.82, 2.24) is 5.32 Å². The van der Waals surface area contributed by atoms with Crippen LogP contribution in [0.5, 0.6) is 0 Å². The lowest BCUT2D eigenvalue weighted by molar-refractivity contribution is -0.123. The quantitative estimate of drug-likeness (QED) is 0.766. The number of carbonyl (C=O) groups excluding carboxylic acids is 1. The summed E-state index contributed by atoms with van der Waals surface area (Å²) in [7, 11) is 0. The van der Waals surface area contributed by atoms with Crippen LogP contribution in [0.4, 0.5) is 4.39 Å². The molecule has 21 heavy (non-hydrogen) atoms. The molecule has 0 aliphatic carbocycles. The molecule has 4 nitrogen and oxygen atoms in total. The van der Waals surface area contributed by atoms with Crippen molar-refractivity contribution in [3.05, 3.63) is 58.0 Å². The fourth-order valence-corrected chi connectivity index (χ4v) is 2.58. The highest BCUT2D eigenvalue weighted by Crippen LogP contribution is 2.18. The summed E-state index contributed by atoms with van der Waals surface area (Å²) in [5.41, 5.74) is 1.09. The molecule has 2 rings (SSSR count). The minimum absolute atomic E-state index is 0.0748. The van der Waals surface area contributed by atoms with Crippen molar-refractivity contribution < 1.29 is 19.4 Å². The van der Waals surface area contributed by atoms with Gasteiger partial charge in [0.05, 0.1) is 18.6 Å². The van der Waals surface area contributed by atoms with E-state index < -0.39 is 23.9 Å². The van der Waals surface area contributed by atoms with Crippen LogP contribution in [-0.4, -0.2) is 22.7 Å². The van der Waals surface area contributed by atoms with Crippen LogP contribution in [0.15, 0.2) is 41.1 Å². The molecule has 3 N–H and O–H groups in total. The summed E-state index contributed by atoms with van der Waals surface area (Å²) in [4.78, 5) is 11.7. The average molecular weight is 309 g/mol. The fraction of sp³-hybridized carbons (Fsp3) is 0.267. The maximum atomic E-state index is 13.0. The van der Waals surface area contributed by atoms with Gasteiger partial charge in [0, 0.05) is 6.54 Å². The number of hydrogen-bond acceptors (Lipinski definition) is 4. The number of halogens is 1. The van der Waals surface area contributed by atoms with Gasteiger partial charge in [0.15, 0.2) is 0 Å². The van der Waals surface area contributed by atoms with Gasteiger partial charge >= 0.3 is 0 Å². The van der Waals surface area contributed by atoms with E-state index in [-0.39, 0.29) is 13.0 Å². The molecule has 0 aliphatic rings. The summed E-state index contributed by atoms with van der Waals surface area (Å²) in [6.45, 7) is 0.0748. The van der Waals surface area contributed by atoms with Gasteiger partial charge in [0.1, 0.15) is 5.82 Å². The molecule has 0 aliphatic heterocycles. The van der Waals surface area contributed by atoms with Gasteiger partial charge in [-0.25, -0.2) is 4.39 Å². The Balaban J connectivity index is 1.81. The van der Waals surface area contributed by atoms with Crippen molar-refractivity contribution in [1.29, 1.82) is 0 Å². The monoisotopic (exact) mass is 309 g/mol. The summed E-state index contributed by atoms with van der Waals surface area (Å²) in [5.74, 6) is -0.860. The third-order valence-corrected chi connectivity index (χ3v) is 3.73. The Kier molecular flexibility index (Phi) is 5.44. The van der Waals surface area contributed by atoms with E-state index in [2.05, 4.69) is 5.32 Å². The summed E-state index contributed by atoms with van der Waals surface area (Å²) in [6, 6.07) is 7.28. The van der Waals surface area contributed by atoms with Gasteiger partial charge in [0.2, 0.25) is 5.91 Å². The molecule has 2 atom stereocenters. The predicted octanol–water partition coefficient (Wildman–Crippen LogP) is 2.16. The molecule has 0 spiro atoms. The van der Waals surface area contributed by atoms with E-state index in [1.165, 1.54) is 29.5 Å². The minimum Gasteiger partial charge on any atom is -0.388 e. The molecule has 0 radical (unpaired) electrons. The third kappa shape index (κ3) is 4.63. The Morgan fingerprint density at radius 2 is 2.05 bits per heavy atom. The van der Waals surface area contributed by atoms with E-state index in [9.17, 15) is 19.4 Å². The lowest BCUT2D eigenvalue weighted by atomic mass is 10.1. The van der Waals surface area contributed by atoms with Crippen LogP contribution in [0.2, 0.25) is 0 Å². The van der Waals surface area contributed by atoms with Crippen molar-refractivity contribution in [2.75, 3.05) is 6.54 Å². The van der Waals surface area contributed by atoms with Crippen molar-refractivity contribution in [3.8, 4) is 0 Å². The number of aliphatic hydroxyl groups excluding tert-OH is 2. The van der Waals surface area contributed by atoms with Crippen LogP contribution in [0.1, 0.15) is 29.8 Å². The van der Waals surface area contributed by atoms with Crippen LogP contribution in [0.25, 0.3) is 0 Å². The Bertz CT molecular complexity index is 588.